The van der Waals surface area contributed by atoms with E-state index in [1.54, 1.807) is 12.1 Å². The first-order valence-electron chi connectivity index (χ1n) is 6.32. The Labute approximate surface area is 123 Å². The third-order valence-corrected chi connectivity index (χ3v) is 3.02. The van der Waals surface area contributed by atoms with Crippen LogP contribution in [0.2, 0.25) is 5.15 Å². The van der Waals surface area contributed by atoms with Gasteiger partial charge in [-0.15, -0.1) is 0 Å². The zero-order valence-corrected chi connectivity index (χ0v) is 12.6. The van der Waals surface area contributed by atoms with E-state index >= 15 is 0 Å². The van der Waals surface area contributed by atoms with Crippen LogP contribution in [0.3, 0.4) is 0 Å². The van der Waals surface area contributed by atoms with Gasteiger partial charge in [-0.2, -0.15) is 0 Å². The zero-order valence-electron chi connectivity index (χ0n) is 11.8. The predicted molar refractivity (Wildman–Crippen MR) is 76.8 cm³/mol. The summed E-state index contributed by atoms with van der Waals surface area (Å²) in [7, 11) is 0. The Balaban J connectivity index is 2.67. The summed E-state index contributed by atoms with van der Waals surface area (Å²) in [4.78, 5) is 26.9. The molecule has 1 unspecified atom stereocenters. The molecule has 0 saturated carbocycles. The number of aliphatic carboxylic acids is 1. The number of carboxylic acid groups (broad SMARTS) is 1. The van der Waals surface area contributed by atoms with E-state index < -0.39 is 17.8 Å². The Morgan fingerprint density at radius 3 is 2.60 bits per heavy atom. The van der Waals surface area contributed by atoms with Crippen LogP contribution < -0.4 is 5.32 Å². The molecule has 0 saturated heterocycles. The van der Waals surface area contributed by atoms with Crippen LogP contribution in [0.4, 0.5) is 0 Å². The molecule has 5 nitrogen and oxygen atoms in total. The molecule has 2 N–H and O–H groups in total. The number of rotatable bonds is 5. The van der Waals surface area contributed by atoms with Gasteiger partial charge >= 0.3 is 5.97 Å². The lowest BCUT2D eigenvalue weighted by atomic mass is 9.84. The van der Waals surface area contributed by atoms with Gasteiger partial charge in [0.15, 0.2) is 0 Å². The minimum Gasteiger partial charge on any atom is -0.481 e. The van der Waals surface area contributed by atoms with Gasteiger partial charge in [-0.05, 0) is 24.0 Å². The number of nitrogens with one attached hydrogen (secondary N) is 1. The Bertz CT molecular complexity index is 497. The van der Waals surface area contributed by atoms with E-state index in [4.69, 9.17) is 11.6 Å². The van der Waals surface area contributed by atoms with Gasteiger partial charge in [0.05, 0.1) is 11.5 Å². The number of pyridine rings is 1. The molecular weight excluding hydrogens is 280 g/mol. The van der Waals surface area contributed by atoms with Crippen molar-refractivity contribution in [1.29, 1.82) is 0 Å². The third-order valence-electron chi connectivity index (χ3n) is 2.72. The summed E-state index contributed by atoms with van der Waals surface area (Å²) >= 11 is 5.82. The molecule has 110 valence electrons. The molecule has 0 aliphatic rings. The van der Waals surface area contributed by atoms with E-state index in [0.29, 0.717) is 6.42 Å². The fourth-order valence-electron chi connectivity index (χ4n) is 1.85. The van der Waals surface area contributed by atoms with Crippen LogP contribution in [-0.2, 0) is 4.79 Å². The van der Waals surface area contributed by atoms with Crippen LogP contribution in [0.25, 0.3) is 0 Å². The summed E-state index contributed by atoms with van der Waals surface area (Å²) in [5, 5.41) is 11.9. The summed E-state index contributed by atoms with van der Waals surface area (Å²) in [6, 6.07) is 3.15. The van der Waals surface area contributed by atoms with Crippen molar-refractivity contribution < 1.29 is 14.7 Å². The van der Waals surface area contributed by atoms with Crippen molar-refractivity contribution in [3.05, 3.63) is 29.0 Å². The van der Waals surface area contributed by atoms with E-state index in [2.05, 4.69) is 10.3 Å². The van der Waals surface area contributed by atoms with E-state index in [-0.39, 0.29) is 22.7 Å². The van der Waals surface area contributed by atoms with E-state index in [1.807, 2.05) is 20.8 Å². The molecule has 0 aliphatic carbocycles. The maximum absolute atomic E-state index is 11.9. The standard InChI is InChI=1S/C14H19ClN2O3/c1-14(2,3)7-9(13(19)20)8-17-12(18)10-5-4-6-16-11(10)15/h4-6,9H,7-8H2,1-3H3,(H,17,18)(H,19,20). The number of carbonyl (C=O) groups excluding carboxylic acids is 1. The van der Waals surface area contributed by atoms with Crippen molar-refractivity contribution in [3.63, 3.8) is 0 Å². The van der Waals surface area contributed by atoms with Crippen LogP contribution in [0, 0.1) is 11.3 Å². The smallest absolute Gasteiger partial charge is 0.308 e. The molecule has 1 amide bonds. The van der Waals surface area contributed by atoms with Crippen LogP contribution >= 0.6 is 11.6 Å². The highest BCUT2D eigenvalue weighted by Crippen LogP contribution is 2.24. The molecule has 1 aromatic heterocycles. The average molecular weight is 299 g/mol. The largest absolute Gasteiger partial charge is 0.481 e. The van der Waals surface area contributed by atoms with Crippen molar-refractivity contribution in [1.82, 2.24) is 10.3 Å². The SMILES string of the molecule is CC(C)(C)CC(CNC(=O)c1cccnc1Cl)C(=O)O. The summed E-state index contributed by atoms with van der Waals surface area (Å²) in [6.07, 6.45) is 1.96. The number of amides is 1. The lowest BCUT2D eigenvalue weighted by Gasteiger charge is -2.23. The number of nitrogens with zero attached hydrogens (tertiary/aromatic N) is 1. The van der Waals surface area contributed by atoms with Crippen molar-refractivity contribution in [3.8, 4) is 0 Å². The number of carboxylic acids is 1. The first-order chi connectivity index (χ1) is 9.20. The highest BCUT2D eigenvalue weighted by molar-refractivity contribution is 6.32. The normalized spacial score (nSPS) is 12.8. The maximum atomic E-state index is 11.9. The van der Waals surface area contributed by atoms with Crippen LogP contribution in [0.5, 0.6) is 0 Å². The van der Waals surface area contributed by atoms with E-state index in [1.165, 1.54) is 6.20 Å². The Morgan fingerprint density at radius 1 is 1.45 bits per heavy atom. The molecular formula is C14H19ClN2O3. The number of aromatic nitrogens is 1. The van der Waals surface area contributed by atoms with Crippen molar-refractivity contribution in [2.45, 2.75) is 27.2 Å². The van der Waals surface area contributed by atoms with Gasteiger partial charge in [-0.25, -0.2) is 4.98 Å². The Morgan fingerprint density at radius 2 is 2.10 bits per heavy atom. The Kier molecular flexibility index (Phi) is 5.51. The first kappa shape index (κ1) is 16.4. The second-order valence-corrected chi connectivity index (χ2v) is 6.21. The van der Waals surface area contributed by atoms with Crippen LogP contribution in [-0.4, -0.2) is 28.5 Å². The molecule has 1 aromatic rings. The lowest BCUT2D eigenvalue weighted by Crippen LogP contribution is -2.35. The summed E-state index contributed by atoms with van der Waals surface area (Å²) in [5.41, 5.74) is 0.119. The number of hydrogen-bond acceptors (Lipinski definition) is 3. The van der Waals surface area contributed by atoms with Crippen LogP contribution in [0.1, 0.15) is 37.6 Å². The molecule has 6 heteroatoms. The maximum Gasteiger partial charge on any atom is 0.308 e. The summed E-state index contributed by atoms with van der Waals surface area (Å²) in [6.45, 7) is 5.95. The fraction of sp³-hybridized carbons (Fsp3) is 0.500. The molecule has 1 heterocycles. The van der Waals surface area contributed by atoms with Gasteiger partial charge < -0.3 is 10.4 Å². The highest BCUT2D eigenvalue weighted by atomic mass is 35.5. The monoisotopic (exact) mass is 298 g/mol. The van der Waals surface area contributed by atoms with Crippen LogP contribution in [0.15, 0.2) is 18.3 Å². The van der Waals surface area contributed by atoms with E-state index in [0.717, 1.165) is 0 Å². The summed E-state index contributed by atoms with van der Waals surface area (Å²) in [5.74, 6) is -1.96. The second-order valence-electron chi connectivity index (χ2n) is 5.85. The number of hydrogen-bond donors (Lipinski definition) is 2. The second kappa shape index (κ2) is 6.70. The molecule has 20 heavy (non-hydrogen) atoms. The van der Waals surface area contributed by atoms with E-state index in [9.17, 15) is 14.7 Å². The molecule has 1 atom stereocenters. The molecule has 1 rings (SSSR count). The number of halogens is 1. The van der Waals surface area contributed by atoms with Crippen molar-refractivity contribution >= 4 is 23.5 Å². The first-order valence-corrected chi connectivity index (χ1v) is 6.70. The van der Waals surface area contributed by atoms with Gasteiger partial charge in [-0.3, -0.25) is 9.59 Å². The topological polar surface area (TPSA) is 79.3 Å². The molecule has 0 aromatic carbocycles. The Hall–Kier alpha value is -1.62. The third kappa shape index (κ3) is 5.17. The van der Waals surface area contributed by atoms with Gasteiger partial charge in [0.1, 0.15) is 5.15 Å². The fourth-order valence-corrected chi connectivity index (χ4v) is 2.06. The average Bonchev–Trinajstić information content (AvgIpc) is 2.33. The van der Waals surface area contributed by atoms with Crippen molar-refractivity contribution in [2.75, 3.05) is 6.54 Å². The molecule has 0 radical (unpaired) electrons. The summed E-state index contributed by atoms with van der Waals surface area (Å²) < 4.78 is 0. The van der Waals surface area contributed by atoms with Gasteiger partial charge in [0.25, 0.3) is 5.91 Å². The van der Waals surface area contributed by atoms with Gasteiger partial charge in [0.2, 0.25) is 0 Å². The minimum absolute atomic E-state index is 0.0661. The molecule has 0 spiro atoms. The quantitative estimate of drug-likeness (QED) is 0.819. The zero-order chi connectivity index (χ0) is 15.3. The van der Waals surface area contributed by atoms with Gasteiger partial charge in [0, 0.05) is 12.7 Å². The molecule has 0 bridgehead atoms. The number of carbonyl (C=O) groups is 2. The van der Waals surface area contributed by atoms with Crippen molar-refractivity contribution in [2.24, 2.45) is 11.3 Å². The molecule has 0 aliphatic heterocycles. The minimum atomic E-state index is -0.919. The lowest BCUT2D eigenvalue weighted by molar-refractivity contribution is -0.142. The predicted octanol–water partition coefficient (Wildman–Crippen LogP) is 2.60. The highest BCUT2D eigenvalue weighted by Gasteiger charge is 2.25. The molecule has 0 fully saturated rings. The van der Waals surface area contributed by atoms with Gasteiger partial charge in [-0.1, -0.05) is 32.4 Å².